The minimum absolute atomic E-state index is 0.271. The van der Waals surface area contributed by atoms with E-state index in [1.807, 2.05) is 6.07 Å². The van der Waals surface area contributed by atoms with Gasteiger partial charge in [-0.3, -0.25) is 0 Å². The quantitative estimate of drug-likeness (QED) is 0.887. The molecule has 1 heterocycles. The highest BCUT2D eigenvalue weighted by atomic mass is 19.1. The van der Waals surface area contributed by atoms with Crippen molar-refractivity contribution in [3.63, 3.8) is 0 Å². The number of hydrogen-bond donors (Lipinski definition) is 2. The minimum atomic E-state index is -0.594. The zero-order valence-electron chi connectivity index (χ0n) is 10.3. The highest BCUT2D eigenvalue weighted by Crippen LogP contribution is 2.14. The lowest BCUT2D eigenvalue weighted by Gasteiger charge is -2.13. The molecule has 0 fully saturated rings. The first kappa shape index (κ1) is 13.4. The predicted octanol–water partition coefficient (Wildman–Crippen LogP) is 2.05. The van der Waals surface area contributed by atoms with Crippen LogP contribution in [0.1, 0.15) is 11.1 Å². The van der Waals surface area contributed by atoms with Gasteiger partial charge in [-0.25, -0.2) is 13.8 Å². The van der Waals surface area contributed by atoms with Gasteiger partial charge in [0.05, 0.1) is 0 Å². The normalized spacial score (nSPS) is 12.4. The maximum atomic E-state index is 13.1. The molecule has 0 amide bonds. The van der Waals surface area contributed by atoms with E-state index in [2.05, 4.69) is 4.98 Å². The van der Waals surface area contributed by atoms with Gasteiger partial charge in [-0.05, 0) is 42.2 Å². The number of hydrogen-bond acceptors (Lipinski definition) is 3. The Hall–Kier alpha value is -2.01. The number of nitrogens with zero attached hydrogens (tertiary/aromatic N) is 1. The molecule has 1 unspecified atom stereocenters. The molecule has 3 nitrogen and oxygen atoms in total. The van der Waals surface area contributed by atoms with Crippen molar-refractivity contribution in [3.05, 3.63) is 59.3 Å². The van der Waals surface area contributed by atoms with E-state index < -0.39 is 11.6 Å². The first-order chi connectivity index (χ1) is 9.04. The summed E-state index contributed by atoms with van der Waals surface area (Å²) in [7, 11) is 0. The van der Waals surface area contributed by atoms with E-state index in [9.17, 15) is 8.78 Å². The second kappa shape index (κ2) is 5.75. The molecule has 0 aliphatic carbocycles. The van der Waals surface area contributed by atoms with E-state index in [1.165, 1.54) is 12.1 Å². The molecule has 4 N–H and O–H groups in total. The molecular weight excluding hydrogens is 248 g/mol. The molecule has 0 saturated carbocycles. The zero-order valence-corrected chi connectivity index (χ0v) is 10.3. The Kier molecular flexibility index (Phi) is 4.06. The number of nitrogens with two attached hydrogens (primary N) is 2. The molecule has 0 aliphatic heterocycles. The molecule has 1 atom stereocenters. The Morgan fingerprint density at radius 3 is 2.42 bits per heavy atom. The number of anilines is 1. The largest absolute Gasteiger partial charge is 0.383 e. The molecule has 0 bridgehead atoms. The summed E-state index contributed by atoms with van der Waals surface area (Å²) >= 11 is 0. The van der Waals surface area contributed by atoms with Crippen molar-refractivity contribution >= 4 is 5.82 Å². The van der Waals surface area contributed by atoms with Gasteiger partial charge in [0.15, 0.2) is 0 Å². The van der Waals surface area contributed by atoms with Crippen LogP contribution in [-0.2, 0) is 12.8 Å². The van der Waals surface area contributed by atoms with E-state index in [0.29, 0.717) is 24.2 Å². The molecule has 1 aromatic heterocycles. The van der Waals surface area contributed by atoms with Crippen molar-refractivity contribution < 1.29 is 8.78 Å². The first-order valence-electron chi connectivity index (χ1n) is 5.94. The average Bonchev–Trinajstić information content (AvgIpc) is 2.30. The third-order valence-electron chi connectivity index (χ3n) is 2.83. The molecule has 2 aromatic rings. The number of rotatable bonds is 4. The molecule has 0 spiro atoms. The van der Waals surface area contributed by atoms with Gasteiger partial charge >= 0.3 is 0 Å². The summed E-state index contributed by atoms with van der Waals surface area (Å²) < 4.78 is 26.1. The van der Waals surface area contributed by atoms with Crippen LogP contribution in [0.4, 0.5) is 14.6 Å². The maximum absolute atomic E-state index is 13.1. The standard InChI is InChI=1S/C14H15F2N3/c15-11-4-9(5-12(16)8-11)6-13(17)7-10-2-1-3-19-14(10)18/h1-5,8,13H,6-7,17H2,(H2,18,19). The predicted molar refractivity (Wildman–Crippen MR) is 70.4 cm³/mol. The van der Waals surface area contributed by atoms with E-state index in [1.54, 1.807) is 12.3 Å². The number of pyridine rings is 1. The summed E-state index contributed by atoms with van der Waals surface area (Å²) in [4.78, 5) is 3.97. The highest BCUT2D eigenvalue weighted by Gasteiger charge is 2.10. The Bertz CT molecular complexity index is 552. The zero-order chi connectivity index (χ0) is 13.8. The van der Waals surface area contributed by atoms with Crippen molar-refractivity contribution in [1.29, 1.82) is 0 Å². The highest BCUT2D eigenvalue weighted by molar-refractivity contribution is 5.39. The van der Waals surface area contributed by atoms with Crippen LogP contribution in [0.3, 0.4) is 0 Å². The molecule has 19 heavy (non-hydrogen) atoms. The van der Waals surface area contributed by atoms with Gasteiger partial charge in [0.2, 0.25) is 0 Å². The lowest BCUT2D eigenvalue weighted by atomic mass is 10.00. The van der Waals surface area contributed by atoms with Crippen LogP contribution in [0.25, 0.3) is 0 Å². The molecule has 1 aromatic carbocycles. The van der Waals surface area contributed by atoms with E-state index in [0.717, 1.165) is 11.6 Å². The Labute approximate surface area is 110 Å². The van der Waals surface area contributed by atoms with Crippen LogP contribution >= 0.6 is 0 Å². The Balaban J connectivity index is 2.05. The summed E-state index contributed by atoms with van der Waals surface area (Å²) in [5.41, 5.74) is 13.1. The summed E-state index contributed by atoms with van der Waals surface area (Å²) in [5.74, 6) is -0.755. The van der Waals surface area contributed by atoms with Crippen LogP contribution in [0.2, 0.25) is 0 Å². The van der Waals surface area contributed by atoms with Gasteiger partial charge in [-0.1, -0.05) is 6.07 Å². The lowest BCUT2D eigenvalue weighted by molar-refractivity contribution is 0.574. The SMILES string of the molecule is Nc1ncccc1CC(N)Cc1cc(F)cc(F)c1. The third kappa shape index (κ3) is 3.72. The monoisotopic (exact) mass is 263 g/mol. The van der Waals surface area contributed by atoms with Crippen LogP contribution in [0.15, 0.2) is 36.5 Å². The Morgan fingerprint density at radius 1 is 1.11 bits per heavy atom. The number of halogens is 2. The van der Waals surface area contributed by atoms with Crippen molar-refractivity contribution in [2.45, 2.75) is 18.9 Å². The van der Waals surface area contributed by atoms with E-state index in [4.69, 9.17) is 11.5 Å². The van der Waals surface area contributed by atoms with Gasteiger partial charge in [0.25, 0.3) is 0 Å². The molecule has 0 aliphatic rings. The van der Waals surface area contributed by atoms with Gasteiger partial charge in [-0.15, -0.1) is 0 Å². The summed E-state index contributed by atoms with van der Waals surface area (Å²) in [5, 5.41) is 0. The van der Waals surface area contributed by atoms with Gasteiger partial charge in [-0.2, -0.15) is 0 Å². The maximum Gasteiger partial charge on any atom is 0.126 e. The second-order valence-electron chi connectivity index (χ2n) is 4.49. The molecule has 0 saturated heterocycles. The summed E-state index contributed by atoms with van der Waals surface area (Å²) in [6.07, 6.45) is 2.49. The van der Waals surface area contributed by atoms with Crippen LogP contribution in [0.5, 0.6) is 0 Å². The molecular formula is C14H15F2N3. The van der Waals surface area contributed by atoms with Crippen LogP contribution < -0.4 is 11.5 Å². The number of aromatic nitrogens is 1. The van der Waals surface area contributed by atoms with E-state index >= 15 is 0 Å². The van der Waals surface area contributed by atoms with Crippen LogP contribution in [0, 0.1) is 11.6 Å². The van der Waals surface area contributed by atoms with Gasteiger partial charge in [0.1, 0.15) is 17.5 Å². The smallest absolute Gasteiger partial charge is 0.126 e. The molecule has 2 rings (SSSR count). The van der Waals surface area contributed by atoms with Crippen molar-refractivity contribution in [2.24, 2.45) is 5.73 Å². The summed E-state index contributed by atoms with van der Waals surface area (Å²) in [6.45, 7) is 0. The molecule has 0 radical (unpaired) electrons. The first-order valence-corrected chi connectivity index (χ1v) is 5.94. The lowest BCUT2D eigenvalue weighted by Crippen LogP contribution is -2.26. The van der Waals surface area contributed by atoms with Gasteiger partial charge < -0.3 is 11.5 Å². The Morgan fingerprint density at radius 2 is 1.79 bits per heavy atom. The fourth-order valence-corrected chi connectivity index (χ4v) is 2.01. The molecule has 100 valence electrons. The minimum Gasteiger partial charge on any atom is -0.383 e. The van der Waals surface area contributed by atoms with Gasteiger partial charge in [0, 0.05) is 18.3 Å². The fourth-order valence-electron chi connectivity index (χ4n) is 2.01. The van der Waals surface area contributed by atoms with Crippen molar-refractivity contribution in [2.75, 3.05) is 5.73 Å². The van der Waals surface area contributed by atoms with E-state index in [-0.39, 0.29) is 6.04 Å². The summed E-state index contributed by atoms with van der Waals surface area (Å²) in [6, 6.07) is 6.76. The molecule has 5 heteroatoms. The third-order valence-corrected chi connectivity index (χ3v) is 2.83. The van der Waals surface area contributed by atoms with Crippen molar-refractivity contribution in [1.82, 2.24) is 4.98 Å². The number of nitrogen functional groups attached to an aromatic ring is 1. The number of benzene rings is 1. The topological polar surface area (TPSA) is 64.9 Å². The van der Waals surface area contributed by atoms with Crippen molar-refractivity contribution in [3.8, 4) is 0 Å². The second-order valence-corrected chi connectivity index (χ2v) is 4.49. The van der Waals surface area contributed by atoms with Crippen LogP contribution in [-0.4, -0.2) is 11.0 Å². The fraction of sp³-hybridized carbons (Fsp3) is 0.214. The average molecular weight is 263 g/mol.